The molecule has 1 N–H and O–H groups in total. The summed E-state index contributed by atoms with van der Waals surface area (Å²) in [6, 6.07) is 15.8. The van der Waals surface area contributed by atoms with Crippen LogP contribution in [0.1, 0.15) is 44.9 Å². The second kappa shape index (κ2) is 7.25. The van der Waals surface area contributed by atoms with Crippen molar-refractivity contribution in [1.29, 1.82) is 0 Å². The van der Waals surface area contributed by atoms with Gasteiger partial charge in [0.25, 0.3) is 0 Å². The van der Waals surface area contributed by atoms with Crippen molar-refractivity contribution < 1.29 is 0 Å². The van der Waals surface area contributed by atoms with Gasteiger partial charge in [0, 0.05) is 30.4 Å². The molecule has 1 aliphatic carbocycles. The normalized spacial score (nSPS) is 18.8. The molecule has 126 valence electrons. The van der Waals surface area contributed by atoms with Crippen LogP contribution in [0.15, 0.2) is 42.5 Å². The summed E-state index contributed by atoms with van der Waals surface area (Å²) in [6.07, 6.45) is 9.28. The summed E-state index contributed by atoms with van der Waals surface area (Å²) in [7, 11) is 0. The topological polar surface area (TPSA) is 28.2 Å². The van der Waals surface area contributed by atoms with Gasteiger partial charge >= 0.3 is 0 Å². The van der Waals surface area contributed by atoms with E-state index in [1.165, 1.54) is 56.2 Å². The van der Waals surface area contributed by atoms with E-state index in [0.29, 0.717) is 6.04 Å². The van der Waals surface area contributed by atoms with Crippen LogP contribution in [0.4, 0.5) is 11.5 Å². The second-order valence-corrected chi connectivity index (χ2v) is 7.14. The Labute approximate surface area is 145 Å². The van der Waals surface area contributed by atoms with E-state index in [-0.39, 0.29) is 0 Å². The minimum absolute atomic E-state index is 0.637. The summed E-state index contributed by atoms with van der Waals surface area (Å²) in [5.74, 6) is 1.12. The van der Waals surface area contributed by atoms with Crippen LogP contribution in [0.5, 0.6) is 0 Å². The SMILES string of the molecule is c1cc(NC2CCCCC2)cc(-c2cccc(N3CCCC3)n2)c1. The zero-order valence-electron chi connectivity index (χ0n) is 14.4. The number of nitrogens with zero attached hydrogens (tertiary/aromatic N) is 2. The maximum absolute atomic E-state index is 4.91. The minimum Gasteiger partial charge on any atom is -0.382 e. The van der Waals surface area contributed by atoms with Crippen molar-refractivity contribution in [2.45, 2.75) is 51.0 Å². The quantitative estimate of drug-likeness (QED) is 0.850. The molecule has 0 spiro atoms. The van der Waals surface area contributed by atoms with E-state index >= 15 is 0 Å². The highest BCUT2D eigenvalue weighted by Gasteiger charge is 2.15. The van der Waals surface area contributed by atoms with Crippen LogP contribution in [0.3, 0.4) is 0 Å². The van der Waals surface area contributed by atoms with E-state index in [2.05, 4.69) is 52.7 Å². The van der Waals surface area contributed by atoms with Gasteiger partial charge in [-0.05, 0) is 49.9 Å². The van der Waals surface area contributed by atoms with Crippen molar-refractivity contribution in [2.75, 3.05) is 23.3 Å². The third-order valence-corrected chi connectivity index (χ3v) is 5.30. The van der Waals surface area contributed by atoms with Crippen molar-refractivity contribution >= 4 is 11.5 Å². The van der Waals surface area contributed by atoms with Gasteiger partial charge < -0.3 is 10.2 Å². The monoisotopic (exact) mass is 321 g/mol. The molecular weight excluding hydrogens is 294 g/mol. The van der Waals surface area contributed by atoms with E-state index < -0.39 is 0 Å². The molecule has 1 aromatic carbocycles. The summed E-state index contributed by atoms with van der Waals surface area (Å²) in [4.78, 5) is 7.31. The first kappa shape index (κ1) is 15.5. The standard InChI is InChI=1S/C21H27N3/c1-2-9-18(10-3-1)22-19-11-6-8-17(16-19)20-12-7-13-21(23-20)24-14-4-5-15-24/h6-8,11-13,16,18,22H,1-5,9-10,14-15H2. The Morgan fingerprint density at radius 3 is 2.50 bits per heavy atom. The zero-order valence-corrected chi connectivity index (χ0v) is 14.4. The van der Waals surface area contributed by atoms with Gasteiger partial charge in [0.15, 0.2) is 0 Å². The zero-order chi connectivity index (χ0) is 16.2. The van der Waals surface area contributed by atoms with Gasteiger partial charge in [0.05, 0.1) is 5.69 Å². The molecular formula is C21H27N3. The van der Waals surface area contributed by atoms with Gasteiger partial charge in [-0.25, -0.2) is 4.98 Å². The lowest BCUT2D eigenvalue weighted by Crippen LogP contribution is -2.22. The van der Waals surface area contributed by atoms with E-state index in [9.17, 15) is 0 Å². The fourth-order valence-electron chi connectivity index (χ4n) is 3.96. The third kappa shape index (κ3) is 3.55. The van der Waals surface area contributed by atoms with Gasteiger partial charge in [-0.2, -0.15) is 0 Å². The molecule has 0 unspecified atom stereocenters. The molecule has 4 rings (SSSR count). The Morgan fingerprint density at radius 1 is 0.875 bits per heavy atom. The highest BCUT2D eigenvalue weighted by molar-refractivity contribution is 5.66. The second-order valence-electron chi connectivity index (χ2n) is 7.14. The summed E-state index contributed by atoms with van der Waals surface area (Å²) >= 11 is 0. The lowest BCUT2D eigenvalue weighted by Gasteiger charge is -2.24. The van der Waals surface area contributed by atoms with Gasteiger partial charge in [-0.3, -0.25) is 0 Å². The smallest absolute Gasteiger partial charge is 0.129 e. The van der Waals surface area contributed by atoms with Crippen LogP contribution >= 0.6 is 0 Å². The van der Waals surface area contributed by atoms with Gasteiger partial charge in [0.2, 0.25) is 0 Å². The fourth-order valence-corrected chi connectivity index (χ4v) is 3.96. The molecule has 2 aromatic rings. The largest absolute Gasteiger partial charge is 0.382 e. The molecule has 2 aliphatic rings. The number of rotatable bonds is 4. The molecule has 1 aliphatic heterocycles. The molecule has 1 saturated heterocycles. The molecule has 2 heterocycles. The Balaban J connectivity index is 1.53. The summed E-state index contributed by atoms with van der Waals surface area (Å²) in [6.45, 7) is 2.28. The number of hydrogen-bond acceptors (Lipinski definition) is 3. The lowest BCUT2D eigenvalue weighted by atomic mass is 9.95. The molecule has 0 bridgehead atoms. The first-order valence-electron chi connectivity index (χ1n) is 9.47. The average Bonchev–Trinajstić information content (AvgIpc) is 3.18. The first-order valence-corrected chi connectivity index (χ1v) is 9.47. The summed E-state index contributed by atoms with van der Waals surface area (Å²) in [5, 5.41) is 3.72. The lowest BCUT2D eigenvalue weighted by molar-refractivity contribution is 0.463. The Morgan fingerprint density at radius 2 is 1.67 bits per heavy atom. The van der Waals surface area contributed by atoms with E-state index in [1.54, 1.807) is 0 Å². The average molecular weight is 321 g/mol. The van der Waals surface area contributed by atoms with Gasteiger partial charge in [-0.1, -0.05) is 37.5 Å². The highest BCUT2D eigenvalue weighted by Crippen LogP contribution is 2.27. The van der Waals surface area contributed by atoms with E-state index in [1.807, 2.05) is 0 Å². The van der Waals surface area contributed by atoms with Gasteiger partial charge in [0.1, 0.15) is 5.82 Å². The van der Waals surface area contributed by atoms with E-state index in [0.717, 1.165) is 24.6 Å². The van der Waals surface area contributed by atoms with Crippen molar-refractivity contribution in [3.8, 4) is 11.3 Å². The molecule has 0 atom stereocenters. The molecule has 1 saturated carbocycles. The molecule has 1 aromatic heterocycles. The molecule has 24 heavy (non-hydrogen) atoms. The number of hydrogen-bond donors (Lipinski definition) is 1. The van der Waals surface area contributed by atoms with Crippen LogP contribution in [0, 0.1) is 0 Å². The Kier molecular flexibility index (Phi) is 4.68. The molecule has 0 amide bonds. The summed E-state index contributed by atoms with van der Waals surface area (Å²) in [5.41, 5.74) is 3.51. The minimum atomic E-state index is 0.637. The van der Waals surface area contributed by atoms with Crippen molar-refractivity contribution in [3.63, 3.8) is 0 Å². The molecule has 3 nitrogen and oxygen atoms in total. The van der Waals surface area contributed by atoms with Crippen molar-refractivity contribution in [2.24, 2.45) is 0 Å². The number of pyridine rings is 1. The number of benzene rings is 1. The van der Waals surface area contributed by atoms with Crippen molar-refractivity contribution in [1.82, 2.24) is 4.98 Å². The third-order valence-electron chi connectivity index (χ3n) is 5.30. The highest BCUT2D eigenvalue weighted by atomic mass is 15.2. The maximum atomic E-state index is 4.91. The fraction of sp³-hybridized carbons (Fsp3) is 0.476. The number of anilines is 2. The van der Waals surface area contributed by atoms with Crippen LogP contribution in [-0.4, -0.2) is 24.1 Å². The maximum Gasteiger partial charge on any atom is 0.129 e. The predicted molar refractivity (Wildman–Crippen MR) is 102 cm³/mol. The summed E-state index contributed by atoms with van der Waals surface area (Å²) < 4.78 is 0. The van der Waals surface area contributed by atoms with Crippen LogP contribution in [0.25, 0.3) is 11.3 Å². The number of aromatic nitrogens is 1. The van der Waals surface area contributed by atoms with Crippen molar-refractivity contribution in [3.05, 3.63) is 42.5 Å². The Bertz CT molecular complexity index is 670. The van der Waals surface area contributed by atoms with Crippen LogP contribution in [-0.2, 0) is 0 Å². The predicted octanol–water partition coefficient (Wildman–Crippen LogP) is 5.09. The van der Waals surface area contributed by atoms with Crippen LogP contribution in [0.2, 0.25) is 0 Å². The molecule has 2 fully saturated rings. The van der Waals surface area contributed by atoms with Crippen LogP contribution < -0.4 is 10.2 Å². The molecule has 0 radical (unpaired) electrons. The number of nitrogens with one attached hydrogen (secondary N) is 1. The van der Waals surface area contributed by atoms with Gasteiger partial charge in [-0.15, -0.1) is 0 Å². The first-order chi connectivity index (χ1) is 11.9. The van der Waals surface area contributed by atoms with E-state index in [4.69, 9.17) is 4.98 Å². The molecule has 3 heteroatoms. The Hall–Kier alpha value is -2.03.